The lowest BCUT2D eigenvalue weighted by Crippen LogP contribution is -1.99. The number of nitrogens with zero attached hydrogens (tertiary/aromatic N) is 1. The Morgan fingerprint density at radius 1 is 1.25 bits per heavy atom. The number of benzene rings is 2. The molecule has 0 unspecified atom stereocenters. The Kier molecular flexibility index (Phi) is 4.97. The summed E-state index contributed by atoms with van der Waals surface area (Å²) < 4.78 is 0.966. The summed E-state index contributed by atoms with van der Waals surface area (Å²) in [6, 6.07) is 15.7. The Bertz CT molecular complexity index is 875. The molecule has 122 valence electrons. The van der Waals surface area contributed by atoms with Gasteiger partial charge in [0.2, 0.25) is 0 Å². The minimum absolute atomic E-state index is 0.0406. The number of aliphatic carboxylic acids is 1. The van der Waals surface area contributed by atoms with Crippen molar-refractivity contribution in [1.82, 2.24) is 4.98 Å². The highest BCUT2D eigenvalue weighted by atomic mass is 79.9. The maximum atomic E-state index is 11.2. The van der Waals surface area contributed by atoms with Crippen molar-refractivity contribution in [2.45, 2.75) is 13.3 Å². The Labute approximate surface area is 152 Å². The van der Waals surface area contributed by atoms with Gasteiger partial charge >= 0.3 is 5.97 Å². The van der Waals surface area contributed by atoms with Gasteiger partial charge in [-0.05, 0) is 25.1 Å². The highest BCUT2D eigenvalue weighted by Gasteiger charge is 2.16. The van der Waals surface area contributed by atoms with Gasteiger partial charge in [-0.2, -0.15) is 0 Å². The molecule has 6 heteroatoms. The molecule has 0 bridgehead atoms. The number of anilines is 2. The molecule has 0 spiro atoms. The molecule has 24 heavy (non-hydrogen) atoms. The Balaban J connectivity index is 1.96. The number of aromatic nitrogens is 1. The third-order valence-corrected chi connectivity index (χ3v) is 4.87. The summed E-state index contributed by atoms with van der Waals surface area (Å²) in [6.07, 6.45) is -0.0406. The molecule has 3 rings (SSSR count). The summed E-state index contributed by atoms with van der Waals surface area (Å²) in [5.74, 6) is -0.860. The van der Waals surface area contributed by atoms with Crippen molar-refractivity contribution in [1.29, 1.82) is 0 Å². The smallest absolute Gasteiger partial charge is 0.308 e. The zero-order chi connectivity index (χ0) is 17.1. The minimum atomic E-state index is -0.860. The molecular weight excluding hydrogens is 388 g/mol. The summed E-state index contributed by atoms with van der Waals surface area (Å²) in [4.78, 5) is 16.5. The van der Waals surface area contributed by atoms with Crippen molar-refractivity contribution < 1.29 is 9.90 Å². The van der Waals surface area contributed by atoms with E-state index >= 15 is 0 Å². The number of carboxylic acids is 1. The largest absolute Gasteiger partial charge is 0.481 e. The summed E-state index contributed by atoms with van der Waals surface area (Å²) in [5, 5.41) is 13.1. The van der Waals surface area contributed by atoms with Gasteiger partial charge in [0.25, 0.3) is 0 Å². The molecule has 0 radical (unpaired) electrons. The molecule has 0 fully saturated rings. The van der Waals surface area contributed by atoms with Crippen LogP contribution in [-0.4, -0.2) is 16.1 Å². The van der Waals surface area contributed by atoms with E-state index in [1.165, 1.54) is 11.3 Å². The average molecular weight is 403 g/mol. The van der Waals surface area contributed by atoms with Gasteiger partial charge in [-0.3, -0.25) is 4.79 Å². The number of carboxylic acid groups (broad SMARTS) is 1. The van der Waals surface area contributed by atoms with Crippen LogP contribution in [0.4, 0.5) is 10.8 Å². The third-order valence-electron chi connectivity index (χ3n) is 3.41. The van der Waals surface area contributed by atoms with Crippen molar-refractivity contribution in [3.05, 3.63) is 63.4 Å². The molecule has 3 aromatic rings. The molecule has 0 saturated heterocycles. The van der Waals surface area contributed by atoms with Crippen LogP contribution in [0, 0.1) is 6.92 Å². The van der Waals surface area contributed by atoms with E-state index in [0.717, 1.165) is 31.9 Å². The minimum Gasteiger partial charge on any atom is -0.481 e. The van der Waals surface area contributed by atoms with Crippen molar-refractivity contribution in [3.8, 4) is 11.3 Å². The lowest BCUT2D eigenvalue weighted by Gasteiger charge is -2.02. The van der Waals surface area contributed by atoms with Crippen LogP contribution in [0.25, 0.3) is 11.3 Å². The van der Waals surface area contributed by atoms with Crippen LogP contribution < -0.4 is 5.32 Å². The number of hydrogen-bond donors (Lipinski definition) is 2. The van der Waals surface area contributed by atoms with Crippen LogP contribution >= 0.6 is 27.3 Å². The Hall–Kier alpha value is -2.18. The van der Waals surface area contributed by atoms with E-state index in [-0.39, 0.29) is 6.42 Å². The first-order chi connectivity index (χ1) is 11.5. The standard InChI is InChI=1S/C18H15BrN2O2S/c1-11-5-7-12(8-6-11)17-15(10-16(22)23)24-18(21-17)20-14-4-2-3-13(19)9-14/h2-9H,10H2,1H3,(H,20,21)(H,22,23). The van der Waals surface area contributed by atoms with Crippen LogP contribution in [0.5, 0.6) is 0 Å². The molecular formula is C18H15BrN2O2S. The van der Waals surface area contributed by atoms with Gasteiger partial charge in [-0.1, -0.05) is 51.8 Å². The monoisotopic (exact) mass is 402 g/mol. The second-order valence-corrected chi connectivity index (χ2v) is 7.36. The molecule has 0 aliphatic rings. The fraction of sp³-hybridized carbons (Fsp3) is 0.111. The highest BCUT2D eigenvalue weighted by Crippen LogP contribution is 2.33. The van der Waals surface area contributed by atoms with E-state index in [0.29, 0.717) is 5.13 Å². The van der Waals surface area contributed by atoms with Crippen LogP contribution in [0.2, 0.25) is 0 Å². The first kappa shape index (κ1) is 16.7. The Morgan fingerprint density at radius 2 is 2.00 bits per heavy atom. The number of rotatable bonds is 5. The first-order valence-corrected chi connectivity index (χ1v) is 8.93. The number of carbonyl (C=O) groups is 1. The molecule has 1 aromatic heterocycles. The van der Waals surface area contributed by atoms with Crippen LogP contribution in [0.1, 0.15) is 10.4 Å². The average Bonchev–Trinajstić information content (AvgIpc) is 2.89. The van der Waals surface area contributed by atoms with Gasteiger partial charge in [-0.15, -0.1) is 11.3 Å². The van der Waals surface area contributed by atoms with Gasteiger partial charge < -0.3 is 10.4 Å². The molecule has 0 aliphatic heterocycles. The van der Waals surface area contributed by atoms with Gasteiger partial charge in [0.05, 0.1) is 12.1 Å². The molecule has 2 N–H and O–H groups in total. The highest BCUT2D eigenvalue weighted by molar-refractivity contribution is 9.10. The second-order valence-electron chi connectivity index (χ2n) is 5.36. The van der Waals surface area contributed by atoms with E-state index in [1.807, 2.05) is 55.5 Å². The number of thiazole rings is 1. The van der Waals surface area contributed by atoms with E-state index in [1.54, 1.807) is 0 Å². The number of hydrogen-bond acceptors (Lipinski definition) is 4. The molecule has 0 atom stereocenters. The third kappa shape index (κ3) is 4.01. The number of aryl methyl sites for hydroxylation is 1. The SMILES string of the molecule is Cc1ccc(-c2nc(Nc3cccc(Br)c3)sc2CC(=O)O)cc1. The van der Waals surface area contributed by atoms with E-state index in [9.17, 15) is 9.90 Å². The second kappa shape index (κ2) is 7.15. The van der Waals surface area contributed by atoms with E-state index in [4.69, 9.17) is 0 Å². The van der Waals surface area contributed by atoms with Gasteiger partial charge in [-0.25, -0.2) is 4.98 Å². The molecule has 1 heterocycles. The quantitative estimate of drug-likeness (QED) is 0.611. The predicted octanol–water partition coefficient (Wildman–Crippen LogP) is 5.25. The fourth-order valence-electron chi connectivity index (χ4n) is 2.29. The summed E-state index contributed by atoms with van der Waals surface area (Å²) in [5.41, 5.74) is 3.70. The van der Waals surface area contributed by atoms with Crippen LogP contribution in [0.15, 0.2) is 53.0 Å². The van der Waals surface area contributed by atoms with Crippen molar-refractivity contribution in [2.24, 2.45) is 0 Å². The molecule has 2 aromatic carbocycles. The van der Waals surface area contributed by atoms with Gasteiger partial charge in [0, 0.05) is 20.6 Å². The van der Waals surface area contributed by atoms with Crippen molar-refractivity contribution >= 4 is 44.1 Å². The normalized spacial score (nSPS) is 10.6. The van der Waals surface area contributed by atoms with Crippen LogP contribution in [0.3, 0.4) is 0 Å². The Morgan fingerprint density at radius 3 is 2.67 bits per heavy atom. The maximum absolute atomic E-state index is 11.2. The van der Waals surface area contributed by atoms with Crippen molar-refractivity contribution in [3.63, 3.8) is 0 Å². The van der Waals surface area contributed by atoms with E-state index in [2.05, 4.69) is 26.2 Å². The van der Waals surface area contributed by atoms with Crippen LogP contribution in [-0.2, 0) is 11.2 Å². The molecule has 0 saturated carbocycles. The molecule has 0 aliphatic carbocycles. The molecule has 0 amide bonds. The lowest BCUT2D eigenvalue weighted by molar-refractivity contribution is -0.136. The van der Waals surface area contributed by atoms with Crippen molar-refractivity contribution in [2.75, 3.05) is 5.32 Å². The number of nitrogens with one attached hydrogen (secondary N) is 1. The number of halogens is 1. The summed E-state index contributed by atoms with van der Waals surface area (Å²) in [7, 11) is 0. The summed E-state index contributed by atoms with van der Waals surface area (Å²) >= 11 is 4.81. The summed E-state index contributed by atoms with van der Waals surface area (Å²) in [6.45, 7) is 2.02. The van der Waals surface area contributed by atoms with Gasteiger partial charge in [0.1, 0.15) is 0 Å². The fourth-order valence-corrected chi connectivity index (χ4v) is 3.68. The molecule has 4 nitrogen and oxygen atoms in total. The predicted molar refractivity (Wildman–Crippen MR) is 101 cm³/mol. The lowest BCUT2D eigenvalue weighted by atomic mass is 10.1. The topological polar surface area (TPSA) is 62.2 Å². The van der Waals surface area contributed by atoms with E-state index < -0.39 is 5.97 Å². The first-order valence-electron chi connectivity index (χ1n) is 7.32. The zero-order valence-electron chi connectivity index (χ0n) is 12.9. The maximum Gasteiger partial charge on any atom is 0.308 e. The van der Waals surface area contributed by atoms with Gasteiger partial charge in [0.15, 0.2) is 5.13 Å². The zero-order valence-corrected chi connectivity index (χ0v) is 15.3.